The summed E-state index contributed by atoms with van der Waals surface area (Å²) in [5.74, 6) is -0.409. The van der Waals surface area contributed by atoms with Crippen LogP contribution in [0.5, 0.6) is 5.75 Å². The zero-order valence-electron chi connectivity index (χ0n) is 9.99. The average molecular weight is 304 g/mol. The molecule has 0 aliphatic heterocycles. The molecule has 0 bridgehead atoms. The number of nitrogens with one attached hydrogen (secondary N) is 1. The van der Waals surface area contributed by atoms with Crippen molar-refractivity contribution in [3.05, 3.63) is 47.0 Å². The summed E-state index contributed by atoms with van der Waals surface area (Å²) in [6.07, 6.45) is 1.98. The highest BCUT2D eigenvalue weighted by molar-refractivity contribution is 6.30. The topological polar surface area (TPSA) is 47.0 Å². The van der Waals surface area contributed by atoms with Crippen molar-refractivity contribution in [2.75, 3.05) is 5.32 Å². The van der Waals surface area contributed by atoms with E-state index in [0.29, 0.717) is 10.6 Å². The van der Waals surface area contributed by atoms with E-state index >= 15 is 0 Å². The van der Waals surface area contributed by atoms with Gasteiger partial charge in [-0.05, 0) is 18.2 Å². The van der Waals surface area contributed by atoms with Crippen molar-refractivity contribution in [3.8, 4) is 5.75 Å². The van der Waals surface area contributed by atoms with E-state index in [9.17, 15) is 13.2 Å². The molecule has 1 heterocycles. The van der Waals surface area contributed by atoms with Crippen LogP contribution in [0, 0.1) is 5.82 Å². The molecule has 0 atom stereocenters. The normalized spacial score (nSPS) is 10.7. The lowest BCUT2D eigenvalue weighted by Crippen LogP contribution is -2.08. The minimum Gasteiger partial charge on any atom is -0.434 e. The summed E-state index contributed by atoms with van der Waals surface area (Å²) in [6.45, 7) is -2.83. The SMILES string of the molecule is Fc1cnc(NCc2cc(Cl)ccc2OC(F)F)nc1. The number of hydrogen-bond acceptors (Lipinski definition) is 4. The van der Waals surface area contributed by atoms with Crippen LogP contribution in [-0.4, -0.2) is 16.6 Å². The highest BCUT2D eigenvalue weighted by atomic mass is 35.5. The molecular weight excluding hydrogens is 295 g/mol. The van der Waals surface area contributed by atoms with Gasteiger partial charge in [-0.1, -0.05) is 11.6 Å². The van der Waals surface area contributed by atoms with Crippen molar-refractivity contribution in [1.82, 2.24) is 9.97 Å². The molecule has 1 aromatic carbocycles. The summed E-state index contributed by atoms with van der Waals surface area (Å²) in [5, 5.41) is 3.13. The zero-order chi connectivity index (χ0) is 14.5. The fourth-order valence-electron chi connectivity index (χ4n) is 1.47. The van der Waals surface area contributed by atoms with E-state index in [1.54, 1.807) is 0 Å². The van der Waals surface area contributed by atoms with Gasteiger partial charge in [0.2, 0.25) is 5.95 Å². The molecule has 1 aromatic heterocycles. The lowest BCUT2D eigenvalue weighted by Gasteiger charge is -2.11. The summed E-state index contributed by atoms with van der Waals surface area (Å²) < 4.78 is 41.5. The molecule has 0 aliphatic carbocycles. The Morgan fingerprint density at radius 2 is 1.95 bits per heavy atom. The maximum absolute atomic E-state index is 12.6. The van der Waals surface area contributed by atoms with E-state index in [1.165, 1.54) is 18.2 Å². The summed E-state index contributed by atoms with van der Waals surface area (Å²) in [5.41, 5.74) is 0.408. The van der Waals surface area contributed by atoms with E-state index in [4.69, 9.17) is 11.6 Å². The van der Waals surface area contributed by atoms with Gasteiger partial charge < -0.3 is 10.1 Å². The molecular formula is C12H9ClF3N3O. The van der Waals surface area contributed by atoms with Crippen LogP contribution in [0.15, 0.2) is 30.6 Å². The first kappa shape index (κ1) is 14.4. The number of alkyl halides is 2. The molecule has 20 heavy (non-hydrogen) atoms. The highest BCUT2D eigenvalue weighted by Gasteiger charge is 2.10. The highest BCUT2D eigenvalue weighted by Crippen LogP contribution is 2.25. The summed E-state index contributed by atoms with van der Waals surface area (Å²) >= 11 is 5.80. The largest absolute Gasteiger partial charge is 0.434 e. The van der Waals surface area contributed by atoms with Crippen molar-refractivity contribution in [2.45, 2.75) is 13.2 Å². The van der Waals surface area contributed by atoms with Crippen molar-refractivity contribution >= 4 is 17.5 Å². The third-order valence-corrected chi connectivity index (χ3v) is 2.53. The van der Waals surface area contributed by atoms with Gasteiger partial charge in [0.15, 0.2) is 5.82 Å². The number of ether oxygens (including phenoxy) is 1. The van der Waals surface area contributed by atoms with Crippen LogP contribution >= 0.6 is 11.6 Å². The predicted octanol–water partition coefficient (Wildman–Crippen LogP) is 3.48. The molecule has 2 aromatic rings. The van der Waals surface area contributed by atoms with E-state index in [1.807, 2.05) is 0 Å². The molecule has 8 heteroatoms. The summed E-state index contributed by atoms with van der Waals surface area (Å²) in [6, 6.07) is 4.27. The van der Waals surface area contributed by atoms with E-state index < -0.39 is 12.4 Å². The van der Waals surface area contributed by atoms with Gasteiger partial charge in [-0.15, -0.1) is 0 Å². The Labute approximate surface area is 117 Å². The molecule has 0 fully saturated rings. The van der Waals surface area contributed by atoms with Crippen LogP contribution < -0.4 is 10.1 Å². The number of rotatable bonds is 5. The molecule has 0 radical (unpaired) electrons. The molecule has 2 rings (SSSR count). The standard InChI is InChI=1S/C12H9ClF3N3O/c13-8-1-2-10(20-11(15)16)7(3-8)4-17-12-18-5-9(14)6-19-12/h1-3,5-6,11H,4H2,(H,17,18,19). The predicted molar refractivity (Wildman–Crippen MR) is 67.4 cm³/mol. The first-order valence-corrected chi connectivity index (χ1v) is 5.87. The van der Waals surface area contributed by atoms with Crippen molar-refractivity contribution in [3.63, 3.8) is 0 Å². The maximum Gasteiger partial charge on any atom is 0.387 e. The molecule has 0 unspecified atom stereocenters. The third kappa shape index (κ3) is 3.99. The monoisotopic (exact) mass is 303 g/mol. The van der Waals surface area contributed by atoms with Crippen LogP contribution in [0.1, 0.15) is 5.56 Å². The maximum atomic E-state index is 12.6. The number of benzene rings is 1. The lowest BCUT2D eigenvalue weighted by molar-refractivity contribution is -0.0504. The second-order valence-corrected chi connectivity index (χ2v) is 4.15. The molecule has 106 valence electrons. The van der Waals surface area contributed by atoms with Crippen LogP contribution in [-0.2, 0) is 6.54 Å². The van der Waals surface area contributed by atoms with E-state index in [0.717, 1.165) is 12.4 Å². The fourth-order valence-corrected chi connectivity index (χ4v) is 1.67. The first-order valence-electron chi connectivity index (χ1n) is 5.49. The van der Waals surface area contributed by atoms with Gasteiger partial charge in [0.1, 0.15) is 5.75 Å². The number of hydrogen-bond donors (Lipinski definition) is 1. The Morgan fingerprint density at radius 1 is 1.25 bits per heavy atom. The Kier molecular flexibility index (Phi) is 4.62. The third-order valence-electron chi connectivity index (χ3n) is 2.30. The van der Waals surface area contributed by atoms with Gasteiger partial charge in [-0.3, -0.25) is 0 Å². The molecule has 0 spiro atoms. The Hall–Kier alpha value is -2.02. The molecule has 4 nitrogen and oxygen atoms in total. The van der Waals surface area contributed by atoms with Crippen LogP contribution in [0.2, 0.25) is 5.02 Å². The Bertz CT molecular complexity index is 581. The van der Waals surface area contributed by atoms with E-state index in [2.05, 4.69) is 20.0 Å². The molecule has 0 aliphatic rings. The molecule has 0 saturated heterocycles. The fraction of sp³-hybridized carbons (Fsp3) is 0.167. The number of nitrogens with zero attached hydrogens (tertiary/aromatic N) is 2. The first-order chi connectivity index (χ1) is 9.54. The van der Waals surface area contributed by atoms with Crippen LogP contribution in [0.3, 0.4) is 0 Å². The van der Waals surface area contributed by atoms with Gasteiger partial charge >= 0.3 is 6.61 Å². The second kappa shape index (κ2) is 6.42. The minimum atomic E-state index is -2.93. The molecule has 0 saturated carbocycles. The van der Waals surface area contributed by atoms with Crippen molar-refractivity contribution in [2.24, 2.45) is 0 Å². The van der Waals surface area contributed by atoms with Crippen LogP contribution in [0.25, 0.3) is 0 Å². The minimum absolute atomic E-state index is 0.000915. The number of aromatic nitrogens is 2. The van der Waals surface area contributed by atoms with Gasteiger partial charge in [0.05, 0.1) is 12.4 Å². The van der Waals surface area contributed by atoms with Gasteiger partial charge in [-0.25, -0.2) is 14.4 Å². The van der Waals surface area contributed by atoms with Gasteiger partial charge in [0.25, 0.3) is 0 Å². The van der Waals surface area contributed by atoms with Crippen molar-refractivity contribution in [1.29, 1.82) is 0 Å². The lowest BCUT2D eigenvalue weighted by atomic mass is 10.2. The zero-order valence-corrected chi connectivity index (χ0v) is 10.7. The quantitative estimate of drug-likeness (QED) is 0.918. The Balaban J connectivity index is 2.11. The number of halogens is 4. The van der Waals surface area contributed by atoms with Crippen molar-refractivity contribution < 1.29 is 17.9 Å². The summed E-state index contributed by atoms with van der Waals surface area (Å²) in [4.78, 5) is 7.37. The van der Waals surface area contributed by atoms with Crippen LogP contribution in [0.4, 0.5) is 19.1 Å². The second-order valence-electron chi connectivity index (χ2n) is 3.71. The smallest absolute Gasteiger partial charge is 0.387 e. The van der Waals surface area contributed by atoms with Gasteiger partial charge in [0, 0.05) is 17.1 Å². The average Bonchev–Trinajstić information content (AvgIpc) is 2.40. The molecule has 1 N–H and O–H groups in total. The number of anilines is 1. The van der Waals surface area contributed by atoms with E-state index in [-0.39, 0.29) is 18.2 Å². The molecule has 0 amide bonds. The Morgan fingerprint density at radius 3 is 2.60 bits per heavy atom. The van der Waals surface area contributed by atoms with Gasteiger partial charge in [-0.2, -0.15) is 8.78 Å². The summed E-state index contributed by atoms with van der Waals surface area (Å²) in [7, 11) is 0.